The molecule has 1 heterocycles. The normalized spacial score (nSPS) is 14.5. The van der Waals surface area contributed by atoms with Crippen LogP contribution in [-0.4, -0.2) is 64.7 Å². The first-order chi connectivity index (χ1) is 21.9. The van der Waals surface area contributed by atoms with Crippen molar-refractivity contribution in [2.45, 2.75) is 104 Å². The number of rotatable bonds is 19. The summed E-state index contributed by atoms with van der Waals surface area (Å²) in [5.74, 6) is -0.835. The van der Waals surface area contributed by atoms with Crippen LogP contribution in [0.5, 0.6) is 0 Å². The van der Waals surface area contributed by atoms with Gasteiger partial charge in [0.2, 0.25) is 17.7 Å². The van der Waals surface area contributed by atoms with Crippen molar-refractivity contribution in [3.8, 4) is 0 Å². The standard InChI is InChI=1S/C35H53N5O6/c1-7-25(6)21-37-32(42)20-31(41)28(17-23(2)3)38-33(43)29(18-24(4)5)39-34(44)30(19-26-13-15-36-16-14-26)40-35(45)46-22-27-11-9-8-10-12-27/h8-16,23-25,28-31,41H,7,17-22H2,1-6H3,(H,37,42)(H,38,43)(H,39,44)(H,40,45)/t25?,28-,29-,30-,31-/m0/s1. The summed E-state index contributed by atoms with van der Waals surface area (Å²) in [5.41, 5.74) is 1.56. The fourth-order valence-electron chi connectivity index (χ4n) is 4.79. The zero-order chi connectivity index (χ0) is 34.1. The SMILES string of the molecule is CCC(C)CNC(=O)C[C@H](O)[C@H](CC(C)C)NC(=O)[C@H](CC(C)C)NC(=O)[C@H](Cc1ccncc1)NC(=O)OCc1ccccc1. The first-order valence-electron chi connectivity index (χ1n) is 16.3. The topological polar surface area (TPSA) is 159 Å². The minimum absolute atomic E-state index is 0.0316. The highest BCUT2D eigenvalue weighted by atomic mass is 16.5. The van der Waals surface area contributed by atoms with Crippen molar-refractivity contribution < 1.29 is 29.0 Å². The first kappa shape index (κ1) is 38.2. The van der Waals surface area contributed by atoms with E-state index in [4.69, 9.17) is 4.74 Å². The van der Waals surface area contributed by atoms with Crippen LogP contribution in [0.25, 0.3) is 0 Å². The summed E-state index contributed by atoms with van der Waals surface area (Å²) >= 11 is 0. The fraction of sp³-hybridized carbons (Fsp3) is 0.571. The van der Waals surface area contributed by atoms with E-state index in [2.05, 4.69) is 26.3 Å². The average Bonchev–Trinajstić information content (AvgIpc) is 3.02. The number of alkyl carbamates (subject to hydrolysis) is 1. The Hall–Kier alpha value is -3.99. The zero-order valence-electron chi connectivity index (χ0n) is 28.1. The predicted octanol–water partition coefficient (Wildman–Crippen LogP) is 3.89. The number of amides is 4. The Morgan fingerprint density at radius 3 is 2.04 bits per heavy atom. The molecule has 0 aliphatic heterocycles. The van der Waals surface area contributed by atoms with Gasteiger partial charge in [-0.25, -0.2) is 4.79 Å². The van der Waals surface area contributed by atoms with Gasteiger partial charge in [0, 0.05) is 25.4 Å². The van der Waals surface area contributed by atoms with Gasteiger partial charge >= 0.3 is 6.09 Å². The molecule has 0 aliphatic rings. The van der Waals surface area contributed by atoms with Crippen molar-refractivity contribution in [3.63, 3.8) is 0 Å². The minimum atomic E-state index is -1.11. The van der Waals surface area contributed by atoms with Gasteiger partial charge in [0.15, 0.2) is 0 Å². The van der Waals surface area contributed by atoms with Crippen LogP contribution in [0.1, 0.15) is 78.4 Å². The predicted molar refractivity (Wildman–Crippen MR) is 177 cm³/mol. The van der Waals surface area contributed by atoms with E-state index in [1.165, 1.54) is 0 Å². The van der Waals surface area contributed by atoms with Crippen LogP contribution >= 0.6 is 0 Å². The maximum absolute atomic E-state index is 13.7. The Kier molecular flexibility index (Phi) is 16.8. The molecule has 11 heteroatoms. The molecule has 5 atom stereocenters. The fourth-order valence-corrected chi connectivity index (χ4v) is 4.79. The van der Waals surface area contributed by atoms with Gasteiger partial charge in [-0.3, -0.25) is 19.4 Å². The Morgan fingerprint density at radius 2 is 1.43 bits per heavy atom. The van der Waals surface area contributed by atoms with Gasteiger partial charge in [0.25, 0.3) is 0 Å². The van der Waals surface area contributed by atoms with E-state index in [-0.39, 0.29) is 37.2 Å². The third-order valence-corrected chi connectivity index (χ3v) is 7.61. The number of pyridine rings is 1. The molecule has 0 spiro atoms. The molecule has 5 N–H and O–H groups in total. The maximum atomic E-state index is 13.7. The van der Waals surface area contributed by atoms with Crippen LogP contribution in [-0.2, 0) is 32.1 Å². The van der Waals surface area contributed by atoms with Crippen molar-refractivity contribution in [1.82, 2.24) is 26.3 Å². The maximum Gasteiger partial charge on any atom is 0.408 e. The Labute approximate surface area is 273 Å². The summed E-state index contributed by atoms with van der Waals surface area (Å²) in [5, 5.41) is 22.2. The molecule has 0 saturated carbocycles. The molecule has 0 radical (unpaired) electrons. The molecule has 0 saturated heterocycles. The highest BCUT2D eigenvalue weighted by Gasteiger charge is 2.31. The van der Waals surface area contributed by atoms with Crippen molar-refractivity contribution in [2.75, 3.05) is 6.54 Å². The molecule has 1 aromatic carbocycles. The molecule has 11 nitrogen and oxygen atoms in total. The summed E-state index contributed by atoms with van der Waals surface area (Å²) < 4.78 is 5.37. The van der Waals surface area contributed by atoms with Crippen LogP contribution in [0, 0.1) is 17.8 Å². The van der Waals surface area contributed by atoms with Crippen molar-refractivity contribution in [2.24, 2.45) is 17.8 Å². The van der Waals surface area contributed by atoms with E-state index in [9.17, 15) is 24.3 Å². The molecule has 2 aromatic rings. The van der Waals surface area contributed by atoms with E-state index in [1.54, 1.807) is 24.5 Å². The number of hydrogen-bond donors (Lipinski definition) is 5. The lowest BCUT2D eigenvalue weighted by Crippen LogP contribution is -2.57. The second kappa shape index (κ2) is 20.2. The molecule has 46 heavy (non-hydrogen) atoms. The zero-order valence-corrected chi connectivity index (χ0v) is 28.1. The van der Waals surface area contributed by atoms with E-state index >= 15 is 0 Å². The number of carbonyl (C=O) groups excluding carboxylic acids is 4. The summed E-state index contributed by atoms with van der Waals surface area (Å²) in [6.07, 6.45) is 2.98. The molecule has 0 aliphatic carbocycles. The average molecular weight is 640 g/mol. The Balaban J connectivity index is 2.16. The second-order valence-corrected chi connectivity index (χ2v) is 12.8. The summed E-state index contributed by atoms with van der Waals surface area (Å²) in [7, 11) is 0. The summed E-state index contributed by atoms with van der Waals surface area (Å²) in [4.78, 5) is 56.6. The van der Waals surface area contributed by atoms with E-state index in [1.807, 2.05) is 71.9 Å². The molecule has 4 amide bonds. The van der Waals surface area contributed by atoms with Crippen molar-refractivity contribution in [3.05, 3.63) is 66.0 Å². The number of nitrogens with zero attached hydrogens (tertiary/aromatic N) is 1. The minimum Gasteiger partial charge on any atom is -0.445 e. The summed E-state index contributed by atoms with van der Waals surface area (Å²) in [6, 6.07) is 9.98. The lowest BCUT2D eigenvalue weighted by molar-refractivity contribution is -0.131. The van der Waals surface area contributed by atoms with Crippen molar-refractivity contribution in [1.29, 1.82) is 0 Å². The molecule has 1 unspecified atom stereocenters. The molecular formula is C35H53N5O6. The monoisotopic (exact) mass is 639 g/mol. The number of aromatic nitrogens is 1. The highest BCUT2D eigenvalue weighted by Crippen LogP contribution is 2.14. The third kappa shape index (κ3) is 14.9. The molecule has 1 aromatic heterocycles. The number of aliphatic hydroxyl groups is 1. The first-order valence-corrected chi connectivity index (χ1v) is 16.3. The van der Waals surface area contributed by atoms with Crippen LogP contribution in [0.15, 0.2) is 54.9 Å². The van der Waals surface area contributed by atoms with E-state index < -0.39 is 42.1 Å². The quantitative estimate of drug-likeness (QED) is 0.156. The van der Waals surface area contributed by atoms with Gasteiger partial charge in [-0.1, -0.05) is 78.3 Å². The van der Waals surface area contributed by atoms with Crippen LogP contribution in [0.3, 0.4) is 0 Å². The second-order valence-electron chi connectivity index (χ2n) is 12.8. The number of hydrogen-bond acceptors (Lipinski definition) is 7. The van der Waals surface area contributed by atoms with Gasteiger partial charge < -0.3 is 31.1 Å². The smallest absolute Gasteiger partial charge is 0.408 e. The largest absolute Gasteiger partial charge is 0.445 e. The third-order valence-electron chi connectivity index (χ3n) is 7.61. The number of benzene rings is 1. The Bertz CT molecular complexity index is 1210. The van der Waals surface area contributed by atoms with Crippen LogP contribution < -0.4 is 21.3 Å². The Morgan fingerprint density at radius 1 is 0.804 bits per heavy atom. The van der Waals surface area contributed by atoms with Crippen molar-refractivity contribution >= 4 is 23.8 Å². The van der Waals surface area contributed by atoms with Gasteiger partial charge in [-0.15, -0.1) is 0 Å². The lowest BCUT2D eigenvalue weighted by Gasteiger charge is -2.29. The van der Waals surface area contributed by atoms with Crippen LogP contribution in [0.2, 0.25) is 0 Å². The van der Waals surface area contributed by atoms with Gasteiger partial charge in [-0.2, -0.15) is 0 Å². The van der Waals surface area contributed by atoms with E-state index in [0.29, 0.717) is 25.3 Å². The van der Waals surface area contributed by atoms with Gasteiger partial charge in [0.1, 0.15) is 18.7 Å². The molecule has 0 fully saturated rings. The molecule has 0 bridgehead atoms. The summed E-state index contributed by atoms with van der Waals surface area (Å²) in [6.45, 7) is 12.4. The molecular weight excluding hydrogens is 586 g/mol. The lowest BCUT2D eigenvalue weighted by atomic mass is 9.95. The molecule has 2 rings (SSSR count). The number of nitrogens with one attached hydrogen (secondary N) is 4. The molecule has 254 valence electrons. The number of aliphatic hydroxyl groups excluding tert-OH is 1. The van der Waals surface area contributed by atoms with Gasteiger partial charge in [-0.05, 0) is 53.9 Å². The van der Waals surface area contributed by atoms with E-state index in [0.717, 1.165) is 17.5 Å². The number of carbonyl (C=O) groups is 4. The highest BCUT2D eigenvalue weighted by molar-refractivity contribution is 5.91. The van der Waals surface area contributed by atoms with Crippen LogP contribution in [0.4, 0.5) is 4.79 Å². The number of ether oxygens (including phenoxy) is 1. The van der Waals surface area contributed by atoms with Gasteiger partial charge in [0.05, 0.1) is 18.6 Å².